The highest BCUT2D eigenvalue weighted by Crippen LogP contribution is 2.24. The molecule has 0 aliphatic carbocycles. The van der Waals surface area contributed by atoms with Crippen LogP contribution in [0.15, 0.2) is 53.1 Å². The number of esters is 1. The van der Waals surface area contributed by atoms with Gasteiger partial charge in [0.25, 0.3) is 0 Å². The Morgan fingerprint density at radius 2 is 2.11 bits per heavy atom. The van der Waals surface area contributed by atoms with E-state index < -0.39 is 5.97 Å². The number of nitrogens with one attached hydrogen (secondary N) is 2. The van der Waals surface area contributed by atoms with Crippen LogP contribution in [-0.2, 0) is 9.53 Å². The minimum atomic E-state index is -0.431. The van der Waals surface area contributed by atoms with Gasteiger partial charge in [0.2, 0.25) is 0 Å². The quantitative estimate of drug-likeness (QED) is 0.557. The van der Waals surface area contributed by atoms with Crippen molar-refractivity contribution in [1.82, 2.24) is 20.2 Å². The van der Waals surface area contributed by atoms with Gasteiger partial charge in [0.05, 0.1) is 25.8 Å². The van der Waals surface area contributed by atoms with Gasteiger partial charge in [-0.3, -0.25) is 4.57 Å². The van der Waals surface area contributed by atoms with E-state index in [2.05, 4.69) is 15.6 Å². The third-order valence-corrected chi connectivity index (χ3v) is 4.87. The maximum Gasteiger partial charge on any atom is 0.337 e. The van der Waals surface area contributed by atoms with Gasteiger partial charge in [0, 0.05) is 29.5 Å². The minimum Gasteiger partial charge on any atom is -0.497 e. The lowest BCUT2D eigenvalue weighted by Gasteiger charge is -2.21. The van der Waals surface area contributed by atoms with Crippen molar-refractivity contribution in [2.75, 3.05) is 26.0 Å². The first-order valence-corrected chi connectivity index (χ1v) is 9.35. The highest BCUT2D eigenvalue weighted by molar-refractivity contribution is 7.99. The van der Waals surface area contributed by atoms with Gasteiger partial charge in [-0.25, -0.2) is 14.6 Å². The first kappa shape index (κ1) is 18.8. The van der Waals surface area contributed by atoms with Gasteiger partial charge >= 0.3 is 12.0 Å². The van der Waals surface area contributed by atoms with Crippen molar-refractivity contribution in [3.05, 3.63) is 47.9 Å². The number of hydrogen-bond donors (Lipinski definition) is 2. The van der Waals surface area contributed by atoms with Gasteiger partial charge in [0.1, 0.15) is 5.75 Å². The molecule has 0 unspecified atom stereocenters. The number of carbonyl (C=O) groups excluding carboxylic acids is 2. The molecule has 1 aromatic carbocycles. The Morgan fingerprint density at radius 3 is 2.81 bits per heavy atom. The van der Waals surface area contributed by atoms with Crippen LogP contribution >= 0.6 is 11.8 Å². The maximum absolute atomic E-state index is 12.1. The second kappa shape index (κ2) is 8.63. The van der Waals surface area contributed by atoms with Crippen molar-refractivity contribution >= 4 is 23.8 Å². The molecule has 0 spiro atoms. The number of ether oxygens (including phenoxy) is 2. The fourth-order valence-electron chi connectivity index (χ4n) is 2.54. The van der Waals surface area contributed by atoms with E-state index in [1.807, 2.05) is 35.0 Å². The molecule has 2 heterocycles. The number of nitrogens with zero attached hydrogens (tertiary/aromatic N) is 2. The Labute approximate surface area is 160 Å². The number of urea groups is 1. The summed E-state index contributed by atoms with van der Waals surface area (Å²) in [5.74, 6) is 0.725. The summed E-state index contributed by atoms with van der Waals surface area (Å²) in [6.07, 6.45) is 3.56. The maximum atomic E-state index is 12.1. The number of methoxy groups -OCH3 is 1. The number of imidazole rings is 1. The molecule has 0 radical (unpaired) electrons. The molecule has 1 aliphatic heterocycles. The Hall–Kier alpha value is -2.94. The average Bonchev–Trinajstić information content (AvgIpc) is 3.15. The molecular formula is C18H20N4O4S. The smallest absolute Gasteiger partial charge is 0.337 e. The van der Waals surface area contributed by atoms with Crippen LogP contribution in [0.3, 0.4) is 0 Å². The molecule has 0 saturated carbocycles. The van der Waals surface area contributed by atoms with Gasteiger partial charge in [-0.2, -0.15) is 0 Å². The summed E-state index contributed by atoms with van der Waals surface area (Å²) in [7, 11) is 1.62. The number of rotatable bonds is 7. The monoisotopic (exact) mass is 388 g/mol. The number of carbonyl (C=O) groups is 2. The molecule has 2 aromatic rings. The molecule has 8 nitrogen and oxygen atoms in total. The van der Waals surface area contributed by atoms with Crippen molar-refractivity contribution in [3.63, 3.8) is 0 Å². The Kier molecular flexibility index (Phi) is 6.02. The van der Waals surface area contributed by atoms with Crippen molar-refractivity contribution in [1.29, 1.82) is 0 Å². The summed E-state index contributed by atoms with van der Waals surface area (Å²) >= 11 is 1.42. The molecule has 9 heteroatoms. The Morgan fingerprint density at radius 1 is 1.33 bits per heavy atom. The number of aromatic nitrogens is 2. The number of hydrogen-bond acceptors (Lipinski definition) is 6. The second-order valence-electron chi connectivity index (χ2n) is 5.55. The van der Waals surface area contributed by atoms with E-state index in [-0.39, 0.29) is 19.2 Å². The summed E-state index contributed by atoms with van der Waals surface area (Å²) < 4.78 is 12.2. The molecule has 27 heavy (non-hydrogen) atoms. The standard InChI is InChI=1S/C18H20N4O4S/c1-3-26-16(23)14-10-20-17(24)21-15(14)11-27-18-19-8-9-22(18)12-4-6-13(25-2)7-5-12/h4-9H,3,10-11H2,1-2H3,(H2,20,21,24). The molecule has 142 valence electrons. The molecule has 2 amide bonds. The Balaban J connectivity index is 1.78. The topological polar surface area (TPSA) is 94.5 Å². The van der Waals surface area contributed by atoms with Crippen LogP contribution < -0.4 is 15.4 Å². The lowest BCUT2D eigenvalue weighted by atomic mass is 10.2. The van der Waals surface area contributed by atoms with Gasteiger partial charge in [-0.1, -0.05) is 11.8 Å². The molecule has 0 bridgehead atoms. The zero-order chi connectivity index (χ0) is 19.2. The van der Waals surface area contributed by atoms with Crippen LogP contribution in [0.1, 0.15) is 6.92 Å². The van der Waals surface area contributed by atoms with Crippen LogP contribution in [0.5, 0.6) is 5.75 Å². The number of thioether (sulfide) groups is 1. The fourth-order valence-corrected chi connectivity index (χ4v) is 3.50. The van der Waals surface area contributed by atoms with Crippen LogP contribution in [0.25, 0.3) is 5.69 Å². The predicted octanol–water partition coefficient (Wildman–Crippen LogP) is 2.10. The summed E-state index contributed by atoms with van der Waals surface area (Å²) in [5, 5.41) is 6.03. The molecule has 0 fully saturated rings. The zero-order valence-electron chi connectivity index (χ0n) is 15.0. The summed E-state index contributed by atoms with van der Waals surface area (Å²) in [6, 6.07) is 7.27. The minimum absolute atomic E-state index is 0.146. The molecule has 0 saturated heterocycles. The van der Waals surface area contributed by atoms with Gasteiger partial charge in [-0.15, -0.1) is 0 Å². The third-order valence-electron chi connectivity index (χ3n) is 3.88. The van der Waals surface area contributed by atoms with Crippen LogP contribution in [-0.4, -0.2) is 47.6 Å². The zero-order valence-corrected chi connectivity index (χ0v) is 15.8. The van der Waals surface area contributed by atoms with Gasteiger partial charge < -0.3 is 20.1 Å². The van der Waals surface area contributed by atoms with Crippen molar-refractivity contribution < 1.29 is 19.1 Å². The molecular weight excluding hydrogens is 368 g/mol. The van der Waals surface area contributed by atoms with E-state index in [4.69, 9.17) is 9.47 Å². The van der Waals surface area contributed by atoms with E-state index in [9.17, 15) is 9.59 Å². The van der Waals surface area contributed by atoms with Crippen LogP contribution in [0.2, 0.25) is 0 Å². The highest BCUT2D eigenvalue weighted by Gasteiger charge is 2.24. The highest BCUT2D eigenvalue weighted by atomic mass is 32.2. The molecule has 2 N–H and O–H groups in total. The van der Waals surface area contributed by atoms with Crippen LogP contribution in [0.4, 0.5) is 4.79 Å². The third kappa shape index (κ3) is 4.43. The molecule has 0 atom stereocenters. The second-order valence-corrected chi connectivity index (χ2v) is 6.49. The largest absolute Gasteiger partial charge is 0.497 e. The number of amides is 2. The SMILES string of the molecule is CCOC(=O)C1=C(CSc2nccn2-c2ccc(OC)cc2)NC(=O)NC1. The van der Waals surface area contributed by atoms with E-state index >= 15 is 0 Å². The predicted molar refractivity (Wildman–Crippen MR) is 101 cm³/mol. The summed E-state index contributed by atoms with van der Waals surface area (Å²) in [4.78, 5) is 28.1. The lowest BCUT2D eigenvalue weighted by molar-refractivity contribution is -0.138. The van der Waals surface area contributed by atoms with Crippen molar-refractivity contribution in [2.45, 2.75) is 12.1 Å². The average molecular weight is 388 g/mol. The number of benzene rings is 1. The van der Waals surface area contributed by atoms with E-state index in [0.29, 0.717) is 17.0 Å². The van der Waals surface area contributed by atoms with Gasteiger partial charge in [0.15, 0.2) is 5.16 Å². The van der Waals surface area contributed by atoms with E-state index in [1.54, 1.807) is 20.2 Å². The van der Waals surface area contributed by atoms with E-state index in [0.717, 1.165) is 16.6 Å². The van der Waals surface area contributed by atoms with Crippen LogP contribution in [0, 0.1) is 0 Å². The normalized spacial score (nSPS) is 13.8. The van der Waals surface area contributed by atoms with Crippen molar-refractivity contribution in [3.8, 4) is 11.4 Å². The first-order chi connectivity index (χ1) is 13.1. The molecule has 1 aromatic heterocycles. The van der Waals surface area contributed by atoms with Crippen molar-refractivity contribution in [2.24, 2.45) is 0 Å². The molecule has 1 aliphatic rings. The first-order valence-electron chi connectivity index (χ1n) is 8.37. The summed E-state index contributed by atoms with van der Waals surface area (Å²) in [5.41, 5.74) is 1.89. The van der Waals surface area contributed by atoms with Gasteiger partial charge in [-0.05, 0) is 31.2 Å². The lowest BCUT2D eigenvalue weighted by Crippen LogP contribution is -2.44. The molecule has 3 rings (SSSR count). The van der Waals surface area contributed by atoms with E-state index in [1.165, 1.54) is 11.8 Å². The fraction of sp³-hybridized carbons (Fsp3) is 0.278. The summed E-state index contributed by atoms with van der Waals surface area (Å²) in [6.45, 7) is 2.17. The Bertz CT molecular complexity index is 861.